The maximum absolute atomic E-state index is 4.33. The smallest absolute Gasteiger partial charge is 0.0492 e. The van der Waals surface area contributed by atoms with E-state index in [1.54, 1.807) is 0 Å². The molecule has 0 spiro atoms. The van der Waals surface area contributed by atoms with Gasteiger partial charge in [-0.25, -0.2) is 0 Å². The molecule has 0 N–H and O–H groups in total. The Morgan fingerprint density at radius 1 is 0.229 bits per heavy atom. The summed E-state index contributed by atoms with van der Waals surface area (Å²) >= 11 is 0. The van der Waals surface area contributed by atoms with Crippen LogP contribution in [0.25, 0.3) is 22.5 Å². The molecule has 0 aliphatic rings. The van der Waals surface area contributed by atoms with Gasteiger partial charge in [-0.1, -0.05) is 97.1 Å². The van der Waals surface area contributed by atoms with Crippen LogP contribution in [0.5, 0.6) is 0 Å². The number of rotatable bonds is 14. The molecule has 70 heavy (non-hydrogen) atoms. The van der Waals surface area contributed by atoms with Crippen molar-refractivity contribution in [2.75, 3.05) is 19.6 Å². The van der Waals surface area contributed by atoms with Gasteiger partial charge in [-0.15, -0.1) is 0 Å². The normalized spacial score (nSPS) is 10.9. The molecule has 0 fully saturated rings. The van der Waals surface area contributed by atoms with Gasteiger partial charge in [0.05, 0.1) is 0 Å². The summed E-state index contributed by atoms with van der Waals surface area (Å²) in [6.45, 7) is 0. The predicted molar refractivity (Wildman–Crippen MR) is 291 cm³/mol. The van der Waals surface area contributed by atoms with Gasteiger partial charge in [0.15, 0.2) is 0 Å². The number of nitrogens with zero attached hydrogens (tertiary/aromatic N) is 7. The highest BCUT2D eigenvalue weighted by Crippen LogP contribution is 2.42. The van der Waals surface area contributed by atoms with Crippen molar-refractivity contribution in [2.45, 2.75) is 0 Å². The predicted octanol–water partition coefficient (Wildman–Crippen LogP) is 17.0. The molecule has 7 heteroatoms. The minimum Gasteiger partial charge on any atom is -0.344 e. The Bertz CT molecular complexity index is 3080. The van der Waals surface area contributed by atoms with Crippen LogP contribution in [0.4, 0.5) is 68.2 Å². The second kappa shape index (κ2) is 19.8. The van der Waals surface area contributed by atoms with E-state index in [1.807, 2.05) is 24.8 Å². The minimum atomic E-state index is 1.03. The van der Waals surface area contributed by atoms with Crippen LogP contribution in [-0.4, -0.2) is 14.5 Å². The molecule has 0 radical (unpaired) electrons. The highest BCUT2D eigenvalue weighted by molar-refractivity contribution is 5.84. The fourth-order valence-corrected chi connectivity index (χ4v) is 9.24. The van der Waals surface area contributed by atoms with E-state index < -0.39 is 0 Å². The molecule has 0 atom stereocenters. The number of hydrogen-bond acceptors (Lipinski definition) is 6. The van der Waals surface area contributed by atoms with Gasteiger partial charge in [0, 0.05) is 111 Å². The second-order valence-electron chi connectivity index (χ2n) is 16.9. The first-order valence-corrected chi connectivity index (χ1v) is 23.4. The summed E-state index contributed by atoms with van der Waals surface area (Å²) in [6.07, 6.45) is 7.37. The lowest BCUT2D eigenvalue weighted by molar-refractivity contribution is 0.946. The van der Waals surface area contributed by atoms with Crippen molar-refractivity contribution >= 4 is 68.2 Å². The number of aromatic nitrogens is 3. The SMILES string of the molecule is Cn1c(-c2ccc(N(c3ccncc3)c3ccc(N(c4ccccc4)c4ccccc4)cc3)cc2)ccc1-c1ccc(N(c2ccncc2)c2ccc(N(c3ccccc3)c3ccccc3)cc2)cc1. The third kappa shape index (κ3) is 8.90. The second-order valence-corrected chi connectivity index (χ2v) is 16.9. The topological polar surface area (TPSA) is 43.7 Å². The van der Waals surface area contributed by atoms with Crippen LogP contribution in [0.15, 0.2) is 280 Å². The molecule has 3 heterocycles. The molecule has 11 aromatic rings. The first-order valence-electron chi connectivity index (χ1n) is 23.4. The van der Waals surface area contributed by atoms with E-state index >= 15 is 0 Å². The summed E-state index contributed by atoms with van der Waals surface area (Å²) in [6, 6.07) is 89.8. The minimum absolute atomic E-state index is 1.03. The molecular weight excluding hydrogens is 855 g/mol. The number of para-hydroxylation sites is 4. The molecule has 0 saturated carbocycles. The molecule has 8 aromatic carbocycles. The Kier molecular flexibility index (Phi) is 12.2. The lowest BCUT2D eigenvalue weighted by Gasteiger charge is -2.28. The summed E-state index contributed by atoms with van der Waals surface area (Å²) in [5.74, 6) is 0. The largest absolute Gasteiger partial charge is 0.344 e. The lowest BCUT2D eigenvalue weighted by atomic mass is 10.1. The fraction of sp³-hybridized carbons (Fsp3) is 0.0159. The van der Waals surface area contributed by atoms with Crippen molar-refractivity contribution in [3.8, 4) is 22.5 Å². The number of benzene rings is 8. The van der Waals surface area contributed by atoms with Crippen LogP contribution in [0, 0.1) is 0 Å². The third-order valence-corrected chi connectivity index (χ3v) is 12.6. The molecule has 0 aliphatic carbocycles. The van der Waals surface area contributed by atoms with Crippen LogP contribution in [0.2, 0.25) is 0 Å². The average molecular weight is 904 g/mol. The molecule has 0 bridgehead atoms. The van der Waals surface area contributed by atoms with Crippen molar-refractivity contribution in [3.63, 3.8) is 0 Å². The van der Waals surface area contributed by atoms with Crippen molar-refractivity contribution in [2.24, 2.45) is 7.05 Å². The molecule has 7 nitrogen and oxygen atoms in total. The quantitative estimate of drug-likeness (QED) is 0.108. The Balaban J connectivity index is 0.859. The van der Waals surface area contributed by atoms with Crippen LogP contribution < -0.4 is 19.6 Å². The monoisotopic (exact) mass is 903 g/mol. The summed E-state index contributed by atoms with van der Waals surface area (Å²) in [5.41, 5.74) is 17.3. The highest BCUT2D eigenvalue weighted by Gasteiger charge is 2.19. The summed E-state index contributed by atoms with van der Waals surface area (Å²) < 4.78 is 2.28. The number of anilines is 12. The van der Waals surface area contributed by atoms with Gasteiger partial charge < -0.3 is 24.2 Å². The Morgan fingerprint density at radius 3 is 0.671 bits per heavy atom. The van der Waals surface area contributed by atoms with Crippen molar-refractivity contribution < 1.29 is 0 Å². The van der Waals surface area contributed by atoms with Gasteiger partial charge in [0.1, 0.15) is 0 Å². The van der Waals surface area contributed by atoms with Gasteiger partial charge in [-0.05, 0) is 169 Å². The van der Waals surface area contributed by atoms with Crippen molar-refractivity contribution in [3.05, 3.63) is 280 Å². The molecular formula is C63H49N7. The van der Waals surface area contributed by atoms with Crippen LogP contribution in [-0.2, 0) is 7.05 Å². The van der Waals surface area contributed by atoms with E-state index in [9.17, 15) is 0 Å². The van der Waals surface area contributed by atoms with E-state index in [0.717, 1.165) is 90.8 Å². The maximum atomic E-state index is 4.33. The summed E-state index contributed by atoms with van der Waals surface area (Å²) in [4.78, 5) is 17.8. The Hall–Kier alpha value is -9.46. The van der Waals surface area contributed by atoms with Gasteiger partial charge in [0.2, 0.25) is 0 Å². The van der Waals surface area contributed by atoms with E-state index in [4.69, 9.17) is 0 Å². The first-order chi connectivity index (χ1) is 34.7. The van der Waals surface area contributed by atoms with Gasteiger partial charge >= 0.3 is 0 Å². The fourth-order valence-electron chi connectivity index (χ4n) is 9.24. The first kappa shape index (κ1) is 43.1. The zero-order valence-electron chi connectivity index (χ0n) is 38.7. The molecule has 0 unspecified atom stereocenters. The number of pyridine rings is 2. The Morgan fingerprint density at radius 2 is 0.429 bits per heavy atom. The lowest BCUT2D eigenvalue weighted by Crippen LogP contribution is -2.12. The van der Waals surface area contributed by atoms with Crippen molar-refractivity contribution in [1.29, 1.82) is 0 Å². The van der Waals surface area contributed by atoms with Crippen LogP contribution in [0.1, 0.15) is 0 Å². The molecule has 11 rings (SSSR count). The van der Waals surface area contributed by atoms with E-state index in [1.165, 1.54) is 0 Å². The zero-order valence-corrected chi connectivity index (χ0v) is 38.7. The molecule has 336 valence electrons. The Labute approximate surface area is 409 Å². The van der Waals surface area contributed by atoms with Gasteiger partial charge in [-0.2, -0.15) is 0 Å². The third-order valence-electron chi connectivity index (χ3n) is 12.6. The highest BCUT2D eigenvalue weighted by atomic mass is 15.2. The molecule has 0 saturated heterocycles. The van der Waals surface area contributed by atoms with E-state index in [-0.39, 0.29) is 0 Å². The molecule has 0 aliphatic heterocycles. The van der Waals surface area contributed by atoms with Gasteiger partial charge in [0.25, 0.3) is 0 Å². The molecule has 0 amide bonds. The average Bonchev–Trinajstić information content (AvgIpc) is 3.82. The molecule has 3 aromatic heterocycles. The summed E-state index contributed by atoms with van der Waals surface area (Å²) in [5, 5.41) is 0. The van der Waals surface area contributed by atoms with Crippen molar-refractivity contribution in [1.82, 2.24) is 14.5 Å². The van der Waals surface area contributed by atoms with Gasteiger partial charge in [-0.3, -0.25) is 9.97 Å². The van der Waals surface area contributed by atoms with Crippen LogP contribution in [0.3, 0.4) is 0 Å². The zero-order chi connectivity index (χ0) is 47.1. The van der Waals surface area contributed by atoms with E-state index in [2.05, 4.69) is 296 Å². The summed E-state index contributed by atoms with van der Waals surface area (Å²) in [7, 11) is 2.14. The van der Waals surface area contributed by atoms with Crippen LogP contribution >= 0.6 is 0 Å². The van der Waals surface area contributed by atoms with E-state index in [0.29, 0.717) is 0 Å². The standard InChI is InChI=1S/C63H49N7/c1-66-62(48-22-26-54(27-23-48)69(60-40-44-64-45-41-60)58-34-30-56(31-35-58)67(50-14-6-2-7-15-50)51-16-8-3-9-17-51)38-39-63(66)49-24-28-55(29-25-49)70(61-42-46-65-47-43-61)59-36-32-57(33-37-59)68(52-18-10-4-11-19-52)53-20-12-5-13-21-53/h2-47H,1H3. The maximum Gasteiger partial charge on any atom is 0.0492 e. The number of hydrogen-bond donors (Lipinski definition) is 0.